The summed E-state index contributed by atoms with van der Waals surface area (Å²) in [6.45, 7) is 2.33. The van der Waals surface area contributed by atoms with Gasteiger partial charge in [-0.05, 0) is 43.0 Å². The number of nitrogens with one attached hydrogen (secondary N) is 1. The van der Waals surface area contributed by atoms with E-state index in [1.807, 2.05) is 6.07 Å². The zero-order chi connectivity index (χ0) is 14.7. The second-order valence-electron chi connectivity index (χ2n) is 5.23. The molecule has 1 N–H and O–H groups in total. The van der Waals surface area contributed by atoms with Crippen LogP contribution in [0.4, 0.5) is 11.4 Å². The lowest BCUT2D eigenvalue weighted by Gasteiger charge is -2.11. The van der Waals surface area contributed by atoms with Crippen LogP contribution in [0.15, 0.2) is 30.5 Å². The van der Waals surface area contributed by atoms with Gasteiger partial charge < -0.3 is 10.1 Å². The lowest BCUT2D eigenvalue weighted by Crippen LogP contribution is -2.10. The quantitative estimate of drug-likeness (QED) is 0.675. The Hall–Kier alpha value is -2.21. The first-order valence-corrected chi connectivity index (χ1v) is 7.09. The Morgan fingerprint density at radius 3 is 3.10 bits per heavy atom. The van der Waals surface area contributed by atoms with Crippen LogP contribution in [0.5, 0.6) is 0 Å². The highest BCUT2D eigenvalue weighted by atomic mass is 16.6. The van der Waals surface area contributed by atoms with Gasteiger partial charge in [0.25, 0.3) is 0 Å². The molecule has 21 heavy (non-hydrogen) atoms. The molecule has 6 heteroatoms. The molecule has 1 unspecified atom stereocenters. The minimum Gasteiger partial charge on any atom is -0.381 e. The van der Waals surface area contributed by atoms with Crippen molar-refractivity contribution in [2.24, 2.45) is 5.92 Å². The van der Waals surface area contributed by atoms with Crippen LogP contribution in [0.25, 0.3) is 10.9 Å². The number of hydrogen-bond acceptors (Lipinski definition) is 5. The van der Waals surface area contributed by atoms with Crippen molar-refractivity contribution in [2.45, 2.75) is 12.8 Å². The molecule has 0 bridgehead atoms. The molecule has 0 spiro atoms. The number of rotatable bonds is 5. The first kappa shape index (κ1) is 13.8. The van der Waals surface area contributed by atoms with E-state index in [-0.39, 0.29) is 10.6 Å². The SMILES string of the molecule is O=[N+]([O-])c1c(NCCC2CCOC2)ccc2ncccc12. The standard InChI is InChI=1S/C15H17N3O3/c19-18(20)15-12-2-1-7-16-13(12)3-4-14(15)17-8-5-11-6-9-21-10-11/h1-4,7,11,17H,5-6,8-10H2. The summed E-state index contributed by atoms with van der Waals surface area (Å²) in [6.07, 6.45) is 3.67. The molecule has 6 nitrogen and oxygen atoms in total. The van der Waals surface area contributed by atoms with E-state index in [2.05, 4.69) is 10.3 Å². The topological polar surface area (TPSA) is 77.3 Å². The van der Waals surface area contributed by atoms with E-state index in [1.165, 1.54) is 0 Å². The second-order valence-corrected chi connectivity index (χ2v) is 5.23. The summed E-state index contributed by atoms with van der Waals surface area (Å²) in [5, 5.41) is 15.1. The third-order valence-electron chi connectivity index (χ3n) is 3.83. The number of pyridine rings is 1. The van der Waals surface area contributed by atoms with Crippen LogP contribution in [0.3, 0.4) is 0 Å². The number of nitro groups is 1. The predicted octanol–water partition coefficient (Wildman–Crippen LogP) is 2.98. The summed E-state index contributed by atoms with van der Waals surface area (Å²) in [5.41, 5.74) is 1.29. The maximum atomic E-state index is 11.4. The Morgan fingerprint density at radius 2 is 2.33 bits per heavy atom. The molecule has 0 radical (unpaired) electrons. The summed E-state index contributed by atoms with van der Waals surface area (Å²) < 4.78 is 5.34. The molecular formula is C15H17N3O3. The predicted molar refractivity (Wildman–Crippen MR) is 80.4 cm³/mol. The molecule has 110 valence electrons. The average molecular weight is 287 g/mol. The summed E-state index contributed by atoms with van der Waals surface area (Å²) in [5.74, 6) is 0.554. The fourth-order valence-corrected chi connectivity index (χ4v) is 2.70. The maximum absolute atomic E-state index is 11.4. The van der Waals surface area contributed by atoms with E-state index in [0.29, 0.717) is 29.1 Å². The molecule has 0 aliphatic carbocycles. The van der Waals surface area contributed by atoms with Crippen LogP contribution in [0, 0.1) is 16.0 Å². The summed E-state index contributed by atoms with van der Waals surface area (Å²) in [4.78, 5) is 15.2. The fourth-order valence-electron chi connectivity index (χ4n) is 2.70. The van der Waals surface area contributed by atoms with E-state index < -0.39 is 0 Å². The lowest BCUT2D eigenvalue weighted by molar-refractivity contribution is -0.382. The van der Waals surface area contributed by atoms with Gasteiger partial charge in [0.15, 0.2) is 0 Å². The van der Waals surface area contributed by atoms with Gasteiger partial charge in [-0.15, -0.1) is 0 Å². The highest BCUT2D eigenvalue weighted by Crippen LogP contribution is 2.32. The Kier molecular flexibility index (Phi) is 3.96. The van der Waals surface area contributed by atoms with Crippen LogP contribution in [-0.4, -0.2) is 29.7 Å². The normalized spacial score (nSPS) is 18.0. The molecule has 1 aromatic heterocycles. The van der Waals surface area contributed by atoms with Crippen molar-refractivity contribution in [3.8, 4) is 0 Å². The molecule has 0 amide bonds. The number of nitrogens with zero attached hydrogens (tertiary/aromatic N) is 2. The average Bonchev–Trinajstić information content (AvgIpc) is 3.00. The Balaban J connectivity index is 1.80. The number of aromatic nitrogens is 1. The van der Waals surface area contributed by atoms with E-state index in [1.54, 1.807) is 24.4 Å². The zero-order valence-corrected chi connectivity index (χ0v) is 11.6. The number of anilines is 1. The molecule has 2 aromatic rings. The number of hydrogen-bond donors (Lipinski definition) is 1. The van der Waals surface area contributed by atoms with Gasteiger partial charge in [-0.1, -0.05) is 0 Å². The van der Waals surface area contributed by atoms with E-state index in [0.717, 1.165) is 26.1 Å². The largest absolute Gasteiger partial charge is 0.381 e. The number of fused-ring (bicyclic) bond motifs is 1. The van der Waals surface area contributed by atoms with Gasteiger partial charge in [0.2, 0.25) is 0 Å². The van der Waals surface area contributed by atoms with E-state index >= 15 is 0 Å². The molecular weight excluding hydrogens is 270 g/mol. The van der Waals surface area contributed by atoms with Crippen LogP contribution in [0.1, 0.15) is 12.8 Å². The second kappa shape index (κ2) is 6.05. The van der Waals surface area contributed by atoms with Gasteiger partial charge in [-0.3, -0.25) is 15.1 Å². The van der Waals surface area contributed by atoms with Gasteiger partial charge in [0.05, 0.1) is 15.8 Å². The van der Waals surface area contributed by atoms with Crippen molar-refractivity contribution < 1.29 is 9.66 Å². The Bertz CT molecular complexity index is 654. The van der Waals surface area contributed by atoms with E-state index in [9.17, 15) is 10.1 Å². The number of nitro benzene ring substituents is 1. The summed E-state index contributed by atoms with van der Waals surface area (Å²) in [7, 11) is 0. The lowest BCUT2D eigenvalue weighted by atomic mass is 10.1. The van der Waals surface area contributed by atoms with Crippen LogP contribution in [-0.2, 0) is 4.74 Å². The molecule has 2 heterocycles. The van der Waals surface area contributed by atoms with Gasteiger partial charge in [0.1, 0.15) is 5.69 Å². The Labute approximate surface area is 122 Å². The highest BCUT2D eigenvalue weighted by Gasteiger charge is 2.20. The van der Waals surface area contributed by atoms with Crippen molar-refractivity contribution in [2.75, 3.05) is 25.1 Å². The molecule has 3 rings (SSSR count). The molecule has 1 atom stereocenters. The van der Waals surface area contributed by atoms with Crippen molar-refractivity contribution in [1.29, 1.82) is 0 Å². The molecule has 1 aromatic carbocycles. The number of ether oxygens (including phenoxy) is 1. The van der Waals surface area contributed by atoms with Crippen molar-refractivity contribution in [1.82, 2.24) is 4.98 Å². The molecule has 1 fully saturated rings. The summed E-state index contributed by atoms with van der Waals surface area (Å²) in [6, 6.07) is 6.99. The summed E-state index contributed by atoms with van der Waals surface area (Å²) >= 11 is 0. The minimum absolute atomic E-state index is 0.100. The monoisotopic (exact) mass is 287 g/mol. The van der Waals surface area contributed by atoms with Crippen LogP contribution < -0.4 is 5.32 Å². The molecule has 1 aliphatic heterocycles. The molecule has 0 saturated carbocycles. The zero-order valence-electron chi connectivity index (χ0n) is 11.6. The maximum Gasteiger partial charge on any atom is 0.301 e. The van der Waals surface area contributed by atoms with Gasteiger partial charge >= 0.3 is 5.69 Å². The van der Waals surface area contributed by atoms with Gasteiger partial charge in [0, 0.05) is 26.0 Å². The van der Waals surface area contributed by atoms with Crippen molar-refractivity contribution in [3.05, 3.63) is 40.6 Å². The first-order valence-electron chi connectivity index (χ1n) is 7.09. The van der Waals surface area contributed by atoms with Crippen molar-refractivity contribution in [3.63, 3.8) is 0 Å². The fraction of sp³-hybridized carbons (Fsp3) is 0.400. The van der Waals surface area contributed by atoms with Crippen molar-refractivity contribution >= 4 is 22.3 Å². The first-order chi connectivity index (χ1) is 10.3. The van der Waals surface area contributed by atoms with Gasteiger partial charge in [-0.25, -0.2) is 0 Å². The highest BCUT2D eigenvalue weighted by molar-refractivity contribution is 5.94. The van der Waals surface area contributed by atoms with Gasteiger partial charge in [-0.2, -0.15) is 0 Å². The smallest absolute Gasteiger partial charge is 0.301 e. The Morgan fingerprint density at radius 1 is 1.43 bits per heavy atom. The number of benzene rings is 1. The third kappa shape index (κ3) is 2.95. The van der Waals surface area contributed by atoms with Crippen LogP contribution >= 0.6 is 0 Å². The molecule has 1 saturated heterocycles. The minimum atomic E-state index is -0.342. The van der Waals surface area contributed by atoms with E-state index in [4.69, 9.17) is 4.74 Å². The molecule has 1 aliphatic rings. The van der Waals surface area contributed by atoms with Crippen LogP contribution in [0.2, 0.25) is 0 Å². The third-order valence-corrected chi connectivity index (χ3v) is 3.83.